The molecule has 1 aliphatic rings. The molecule has 4 aromatic rings. The molecular formula is C27H19N3O5S. The molecule has 1 aliphatic carbocycles. The minimum absolute atomic E-state index is 0.190. The summed E-state index contributed by atoms with van der Waals surface area (Å²) in [6, 6.07) is 20.4. The first-order valence-corrected chi connectivity index (χ1v) is 12.2. The van der Waals surface area contributed by atoms with E-state index < -0.39 is 18.5 Å². The molecule has 0 bridgehead atoms. The predicted molar refractivity (Wildman–Crippen MR) is 134 cm³/mol. The molecule has 178 valence electrons. The van der Waals surface area contributed by atoms with Crippen molar-refractivity contribution >= 4 is 40.9 Å². The van der Waals surface area contributed by atoms with Gasteiger partial charge in [0, 0.05) is 33.6 Å². The van der Waals surface area contributed by atoms with Gasteiger partial charge in [-0.15, -0.1) is 0 Å². The zero-order chi connectivity index (χ0) is 25.2. The Balaban J connectivity index is 1.29. The number of thioether (sulfide) groups is 1. The van der Waals surface area contributed by atoms with Crippen molar-refractivity contribution in [2.45, 2.75) is 5.16 Å². The lowest BCUT2D eigenvalue weighted by Crippen LogP contribution is -2.23. The molecule has 0 saturated heterocycles. The summed E-state index contributed by atoms with van der Waals surface area (Å²) in [5, 5.41) is 3.22. The standard InChI is InChI=1S/C27H19N3O5S/c1-36-27-28-14-22(30(27)17-7-3-2-4-8-17)26(34)35-15-23(31)29-16-11-12-20-21(13-16)25(33)19-10-6-5-9-18(19)24(20)32/h2-14H,15H2,1H3,(H,29,31). The van der Waals surface area contributed by atoms with Gasteiger partial charge >= 0.3 is 5.97 Å². The quantitative estimate of drug-likeness (QED) is 0.277. The van der Waals surface area contributed by atoms with Crippen LogP contribution in [0.3, 0.4) is 0 Å². The summed E-state index contributed by atoms with van der Waals surface area (Å²) in [6.45, 7) is -0.541. The number of amides is 1. The Hall–Kier alpha value is -4.50. The van der Waals surface area contributed by atoms with Crippen molar-refractivity contribution in [1.29, 1.82) is 0 Å². The molecule has 36 heavy (non-hydrogen) atoms. The van der Waals surface area contributed by atoms with E-state index in [2.05, 4.69) is 10.3 Å². The number of hydrogen-bond acceptors (Lipinski definition) is 7. The number of hydrogen-bond donors (Lipinski definition) is 1. The number of carbonyl (C=O) groups is 4. The highest BCUT2D eigenvalue weighted by molar-refractivity contribution is 7.98. The highest BCUT2D eigenvalue weighted by Gasteiger charge is 2.29. The van der Waals surface area contributed by atoms with E-state index in [1.807, 2.05) is 36.6 Å². The Morgan fingerprint density at radius 2 is 1.53 bits per heavy atom. The van der Waals surface area contributed by atoms with Gasteiger partial charge in [-0.1, -0.05) is 54.2 Å². The lowest BCUT2D eigenvalue weighted by molar-refractivity contribution is -0.119. The maximum atomic E-state index is 12.9. The van der Waals surface area contributed by atoms with Crippen LogP contribution < -0.4 is 5.32 Å². The summed E-state index contributed by atoms with van der Waals surface area (Å²) in [5.74, 6) is -1.83. The number of benzene rings is 3. The molecule has 0 saturated carbocycles. The van der Waals surface area contributed by atoms with E-state index in [4.69, 9.17) is 4.74 Å². The number of ketones is 2. The fourth-order valence-corrected chi connectivity index (χ4v) is 4.57. The number of fused-ring (bicyclic) bond motifs is 2. The van der Waals surface area contributed by atoms with Gasteiger partial charge in [0.1, 0.15) is 0 Å². The maximum Gasteiger partial charge on any atom is 0.357 e. The van der Waals surface area contributed by atoms with Gasteiger partial charge in [-0.3, -0.25) is 19.0 Å². The Morgan fingerprint density at radius 3 is 2.22 bits per heavy atom. The van der Waals surface area contributed by atoms with Gasteiger partial charge in [-0.2, -0.15) is 0 Å². The Morgan fingerprint density at radius 1 is 0.889 bits per heavy atom. The van der Waals surface area contributed by atoms with E-state index in [9.17, 15) is 19.2 Å². The summed E-state index contributed by atoms with van der Waals surface area (Å²) in [6.07, 6.45) is 3.25. The van der Waals surface area contributed by atoms with Crippen molar-refractivity contribution in [2.24, 2.45) is 0 Å². The van der Waals surface area contributed by atoms with Crippen molar-refractivity contribution < 1.29 is 23.9 Å². The van der Waals surface area contributed by atoms with Gasteiger partial charge < -0.3 is 10.1 Å². The van der Waals surface area contributed by atoms with Crippen LogP contribution in [0.25, 0.3) is 5.69 Å². The molecule has 1 heterocycles. The summed E-state index contributed by atoms with van der Waals surface area (Å²) < 4.78 is 6.90. The number of rotatable bonds is 6. The number of nitrogens with one attached hydrogen (secondary N) is 1. The van der Waals surface area contributed by atoms with E-state index in [0.29, 0.717) is 22.0 Å². The topological polar surface area (TPSA) is 107 Å². The van der Waals surface area contributed by atoms with Crippen molar-refractivity contribution in [2.75, 3.05) is 18.2 Å². The Kier molecular flexibility index (Phi) is 6.22. The largest absolute Gasteiger partial charge is 0.451 e. The first-order valence-electron chi connectivity index (χ1n) is 10.9. The predicted octanol–water partition coefficient (Wildman–Crippen LogP) is 4.17. The minimum Gasteiger partial charge on any atom is -0.451 e. The molecule has 5 rings (SSSR count). The number of para-hydroxylation sites is 1. The number of anilines is 1. The number of imidazole rings is 1. The van der Waals surface area contributed by atoms with Gasteiger partial charge in [0.05, 0.1) is 6.20 Å². The summed E-state index contributed by atoms with van der Waals surface area (Å²) >= 11 is 1.38. The molecule has 0 unspecified atom stereocenters. The third-order valence-electron chi connectivity index (χ3n) is 5.68. The van der Waals surface area contributed by atoms with E-state index in [1.54, 1.807) is 28.8 Å². The van der Waals surface area contributed by atoms with Crippen LogP contribution in [0.4, 0.5) is 5.69 Å². The van der Waals surface area contributed by atoms with Gasteiger partial charge in [-0.25, -0.2) is 9.78 Å². The number of ether oxygens (including phenoxy) is 1. The lowest BCUT2D eigenvalue weighted by Gasteiger charge is -2.18. The van der Waals surface area contributed by atoms with Crippen molar-refractivity contribution in [3.63, 3.8) is 0 Å². The second-order valence-corrected chi connectivity index (χ2v) is 8.66. The molecule has 9 heteroatoms. The third kappa shape index (κ3) is 4.20. The summed E-state index contributed by atoms with van der Waals surface area (Å²) in [7, 11) is 0. The number of esters is 1. The van der Waals surface area contributed by atoms with Crippen LogP contribution in [0.1, 0.15) is 42.3 Å². The van der Waals surface area contributed by atoms with E-state index in [1.165, 1.54) is 36.2 Å². The Bertz CT molecular complexity index is 1530. The smallest absolute Gasteiger partial charge is 0.357 e. The molecule has 0 atom stereocenters. The van der Waals surface area contributed by atoms with Crippen LogP contribution in [0, 0.1) is 0 Å². The molecule has 1 N–H and O–H groups in total. The van der Waals surface area contributed by atoms with Crippen LogP contribution in [0.15, 0.2) is 84.1 Å². The van der Waals surface area contributed by atoms with Crippen LogP contribution in [-0.4, -0.2) is 45.9 Å². The average molecular weight is 498 g/mol. The lowest BCUT2D eigenvalue weighted by atomic mass is 9.84. The zero-order valence-corrected chi connectivity index (χ0v) is 19.9. The molecule has 0 aliphatic heterocycles. The highest BCUT2D eigenvalue weighted by Crippen LogP contribution is 2.29. The van der Waals surface area contributed by atoms with E-state index >= 15 is 0 Å². The number of nitrogens with zero attached hydrogens (tertiary/aromatic N) is 2. The highest BCUT2D eigenvalue weighted by atomic mass is 32.2. The van der Waals surface area contributed by atoms with Gasteiger partial charge in [0.25, 0.3) is 5.91 Å². The normalized spacial score (nSPS) is 12.0. The second-order valence-electron chi connectivity index (χ2n) is 7.89. The average Bonchev–Trinajstić information content (AvgIpc) is 3.35. The van der Waals surface area contributed by atoms with Crippen molar-refractivity contribution in [3.8, 4) is 5.69 Å². The summed E-state index contributed by atoms with van der Waals surface area (Å²) in [5.41, 5.74) is 2.42. The van der Waals surface area contributed by atoms with Gasteiger partial charge in [0.2, 0.25) is 0 Å². The van der Waals surface area contributed by atoms with Crippen LogP contribution in [0.5, 0.6) is 0 Å². The fraction of sp³-hybridized carbons (Fsp3) is 0.0741. The zero-order valence-electron chi connectivity index (χ0n) is 19.1. The van der Waals surface area contributed by atoms with Crippen LogP contribution in [-0.2, 0) is 9.53 Å². The number of aromatic nitrogens is 2. The molecule has 0 spiro atoms. The van der Waals surface area contributed by atoms with E-state index in [0.717, 1.165) is 5.69 Å². The molecule has 1 amide bonds. The monoisotopic (exact) mass is 497 g/mol. The van der Waals surface area contributed by atoms with Crippen molar-refractivity contribution in [3.05, 3.63) is 107 Å². The molecule has 8 nitrogen and oxygen atoms in total. The van der Waals surface area contributed by atoms with E-state index in [-0.39, 0.29) is 28.4 Å². The molecule has 0 radical (unpaired) electrons. The minimum atomic E-state index is -0.704. The molecule has 1 aromatic heterocycles. The third-order valence-corrected chi connectivity index (χ3v) is 6.33. The molecular weight excluding hydrogens is 478 g/mol. The van der Waals surface area contributed by atoms with Gasteiger partial charge in [-0.05, 0) is 36.6 Å². The first-order chi connectivity index (χ1) is 17.5. The van der Waals surface area contributed by atoms with Gasteiger partial charge in [0.15, 0.2) is 29.0 Å². The SMILES string of the molecule is CSc1ncc(C(=O)OCC(=O)Nc2ccc3c(c2)C(=O)c2ccccc2C3=O)n1-c1ccccc1. The fourth-order valence-electron chi connectivity index (χ4n) is 4.03. The second kappa shape index (κ2) is 9.63. The molecule has 3 aromatic carbocycles. The maximum absolute atomic E-state index is 12.9. The first kappa shape index (κ1) is 23.3. The number of carbonyl (C=O) groups excluding carboxylic acids is 4. The summed E-state index contributed by atoms with van der Waals surface area (Å²) in [4.78, 5) is 55.2. The van der Waals surface area contributed by atoms with Crippen LogP contribution >= 0.6 is 11.8 Å². The van der Waals surface area contributed by atoms with Crippen LogP contribution in [0.2, 0.25) is 0 Å². The Labute approximate surface area is 210 Å². The molecule has 0 fully saturated rings. The van der Waals surface area contributed by atoms with Crippen molar-refractivity contribution in [1.82, 2.24) is 9.55 Å².